The minimum absolute atomic E-state index is 0.668. The molecule has 0 aliphatic carbocycles. The van der Waals surface area contributed by atoms with Gasteiger partial charge in [-0.25, -0.2) is 0 Å². The summed E-state index contributed by atoms with van der Waals surface area (Å²) < 4.78 is 12.7. The first-order chi connectivity index (χ1) is 13.3. The van der Waals surface area contributed by atoms with Gasteiger partial charge < -0.3 is 19.7 Å². The lowest BCUT2D eigenvalue weighted by molar-refractivity contribution is 0.355. The monoisotopic (exact) mass is 385 g/mol. The first-order valence-corrected chi connectivity index (χ1v) is 9.81. The second-order valence-corrected chi connectivity index (χ2v) is 7.29. The molecule has 0 unspecified atom stereocenters. The minimum Gasteiger partial charge on any atom is -0.493 e. The number of aromatic nitrogens is 3. The van der Waals surface area contributed by atoms with Crippen LogP contribution in [0.15, 0.2) is 36.5 Å². The van der Waals surface area contributed by atoms with Crippen molar-refractivity contribution in [1.82, 2.24) is 14.8 Å². The first-order valence-electron chi connectivity index (χ1n) is 8.99. The molecule has 3 heterocycles. The smallest absolute Gasteiger partial charge is 0.218 e. The number of benzene rings is 1. The van der Waals surface area contributed by atoms with E-state index in [1.54, 1.807) is 25.6 Å². The van der Waals surface area contributed by atoms with Gasteiger partial charge in [-0.1, -0.05) is 11.3 Å². The number of methoxy groups -OCH3 is 2. The second-order valence-electron chi connectivity index (χ2n) is 6.35. The maximum absolute atomic E-state index is 5.37. The molecule has 1 aliphatic heterocycles. The Morgan fingerprint density at radius 2 is 1.81 bits per heavy atom. The summed E-state index contributed by atoms with van der Waals surface area (Å²) in [6, 6.07) is 9.92. The molecule has 142 valence electrons. The number of hydrogen-bond donors (Lipinski definition) is 1. The van der Waals surface area contributed by atoms with Gasteiger partial charge in [-0.05, 0) is 37.1 Å². The second kappa shape index (κ2) is 7.87. The zero-order valence-corrected chi connectivity index (χ0v) is 16.3. The van der Waals surface area contributed by atoms with E-state index in [0.29, 0.717) is 12.3 Å². The van der Waals surface area contributed by atoms with Gasteiger partial charge in [0.05, 0.1) is 20.8 Å². The average Bonchev–Trinajstić information content (AvgIpc) is 3.46. The molecule has 2 aromatic heterocycles. The highest BCUT2D eigenvalue weighted by atomic mass is 32.1. The van der Waals surface area contributed by atoms with Crippen LogP contribution in [0.1, 0.15) is 18.5 Å². The maximum atomic E-state index is 5.37. The molecule has 1 saturated heterocycles. The molecular formula is C19H23N5O2S. The van der Waals surface area contributed by atoms with Gasteiger partial charge in [0, 0.05) is 36.7 Å². The summed E-state index contributed by atoms with van der Waals surface area (Å²) in [6.45, 7) is 2.82. The van der Waals surface area contributed by atoms with E-state index in [2.05, 4.69) is 31.0 Å². The molecule has 8 heteroatoms. The van der Waals surface area contributed by atoms with E-state index in [4.69, 9.17) is 9.47 Å². The van der Waals surface area contributed by atoms with Crippen LogP contribution in [0.5, 0.6) is 11.5 Å². The fourth-order valence-electron chi connectivity index (χ4n) is 3.23. The molecule has 4 rings (SSSR count). The third kappa shape index (κ3) is 3.71. The molecule has 1 aliphatic rings. The lowest BCUT2D eigenvalue weighted by Crippen LogP contribution is -2.17. The fraction of sp³-hybridized carbons (Fsp3) is 0.368. The lowest BCUT2D eigenvalue weighted by Gasteiger charge is -2.12. The Morgan fingerprint density at radius 3 is 2.59 bits per heavy atom. The van der Waals surface area contributed by atoms with Crippen molar-refractivity contribution < 1.29 is 9.47 Å². The molecule has 1 aromatic carbocycles. The zero-order valence-electron chi connectivity index (χ0n) is 15.5. The Hall–Kier alpha value is -2.74. The predicted octanol–water partition coefficient (Wildman–Crippen LogP) is 3.56. The van der Waals surface area contributed by atoms with Crippen molar-refractivity contribution >= 4 is 22.2 Å². The molecule has 0 spiro atoms. The quantitative estimate of drug-likeness (QED) is 0.671. The van der Waals surface area contributed by atoms with Crippen molar-refractivity contribution in [3.8, 4) is 16.6 Å². The van der Waals surface area contributed by atoms with Crippen molar-refractivity contribution in [3.05, 3.63) is 42.2 Å². The van der Waals surface area contributed by atoms with Crippen LogP contribution in [0, 0.1) is 0 Å². The molecule has 0 saturated carbocycles. The molecule has 0 radical (unpaired) electrons. The number of hydrogen-bond acceptors (Lipinski definition) is 7. The van der Waals surface area contributed by atoms with Crippen LogP contribution in [0.2, 0.25) is 0 Å². The highest BCUT2D eigenvalue weighted by Gasteiger charge is 2.18. The van der Waals surface area contributed by atoms with Crippen LogP contribution in [0.3, 0.4) is 0 Å². The Kier molecular flexibility index (Phi) is 5.15. The van der Waals surface area contributed by atoms with Crippen LogP contribution < -0.4 is 19.7 Å². The molecule has 0 atom stereocenters. The molecule has 1 fully saturated rings. The van der Waals surface area contributed by atoms with Gasteiger partial charge in [-0.15, -0.1) is 10.2 Å². The van der Waals surface area contributed by atoms with Crippen LogP contribution in [0.4, 0.5) is 10.8 Å². The lowest BCUT2D eigenvalue weighted by atomic mass is 10.2. The molecule has 0 bridgehead atoms. The van der Waals surface area contributed by atoms with Crippen molar-refractivity contribution in [2.75, 3.05) is 37.5 Å². The van der Waals surface area contributed by atoms with Crippen LogP contribution in [0.25, 0.3) is 5.13 Å². The largest absolute Gasteiger partial charge is 0.493 e. The standard InChI is InChI=1S/C19H23N5O2S/c1-25-16-8-7-14(12-17(16)26-2)20-13-15-6-5-11-24(15)19-22-21-18(27-19)23-9-3-4-10-23/h5-8,11-12,20H,3-4,9-10,13H2,1-2H3. The zero-order chi connectivity index (χ0) is 18.6. The Labute approximate surface area is 162 Å². The van der Waals surface area contributed by atoms with Gasteiger partial charge >= 0.3 is 0 Å². The van der Waals surface area contributed by atoms with E-state index in [-0.39, 0.29) is 0 Å². The maximum Gasteiger partial charge on any atom is 0.218 e. The summed E-state index contributed by atoms with van der Waals surface area (Å²) >= 11 is 1.64. The van der Waals surface area contributed by atoms with Crippen LogP contribution >= 0.6 is 11.3 Å². The number of rotatable bonds is 7. The van der Waals surface area contributed by atoms with Gasteiger partial charge in [-0.3, -0.25) is 4.57 Å². The molecule has 7 nitrogen and oxygen atoms in total. The Bertz CT molecular complexity index is 901. The SMILES string of the molecule is COc1ccc(NCc2cccn2-c2nnc(N3CCCC3)s2)cc1OC. The van der Waals surface area contributed by atoms with Crippen molar-refractivity contribution in [2.45, 2.75) is 19.4 Å². The summed E-state index contributed by atoms with van der Waals surface area (Å²) in [4.78, 5) is 2.31. The predicted molar refractivity (Wildman–Crippen MR) is 108 cm³/mol. The Balaban J connectivity index is 1.48. The third-order valence-electron chi connectivity index (χ3n) is 4.68. The van der Waals surface area contributed by atoms with Crippen LogP contribution in [-0.2, 0) is 6.54 Å². The van der Waals surface area contributed by atoms with E-state index < -0.39 is 0 Å². The van der Waals surface area contributed by atoms with E-state index in [0.717, 1.165) is 40.5 Å². The number of nitrogens with one attached hydrogen (secondary N) is 1. The highest BCUT2D eigenvalue weighted by molar-refractivity contribution is 7.17. The van der Waals surface area contributed by atoms with Crippen molar-refractivity contribution in [2.24, 2.45) is 0 Å². The van der Waals surface area contributed by atoms with Gasteiger partial charge in [0.15, 0.2) is 11.5 Å². The first kappa shape index (κ1) is 17.7. The summed E-state index contributed by atoms with van der Waals surface area (Å²) in [6.07, 6.45) is 4.50. The summed E-state index contributed by atoms with van der Waals surface area (Å²) in [5.41, 5.74) is 2.09. The van der Waals surface area contributed by atoms with E-state index >= 15 is 0 Å². The molecule has 27 heavy (non-hydrogen) atoms. The number of ether oxygens (including phenoxy) is 2. The third-order valence-corrected chi connectivity index (χ3v) is 5.66. The van der Waals surface area contributed by atoms with E-state index in [1.807, 2.05) is 30.5 Å². The van der Waals surface area contributed by atoms with Gasteiger partial charge in [0.1, 0.15) is 0 Å². The average molecular weight is 385 g/mol. The summed E-state index contributed by atoms with van der Waals surface area (Å²) in [5, 5.41) is 14.1. The summed E-state index contributed by atoms with van der Waals surface area (Å²) in [5.74, 6) is 1.42. The number of anilines is 2. The molecule has 0 amide bonds. The number of nitrogens with zero attached hydrogens (tertiary/aromatic N) is 4. The molecular weight excluding hydrogens is 362 g/mol. The van der Waals surface area contributed by atoms with Crippen LogP contribution in [-0.4, -0.2) is 42.1 Å². The highest BCUT2D eigenvalue weighted by Crippen LogP contribution is 2.30. The minimum atomic E-state index is 0.668. The topological polar surface area (TPSA) is 64.4 Å². The van der Waals surface area contributed by atoms with E-state index in [9.17, 15) is 0 Å². The Morgan fingerprint density at radius 1 is 1.04 bits per heavy atom. The van der Waals surface area contributed by atoms with Gasteiger partial charge in [-0.2, -0.15) is 0 Å². The molecule has 3 aromatic rings. The normalized spacial score (nSPS) is 13.8. The van der Waals surface area contributed by atoms with E-state index in [1.165, 1.54) is 12.8 Å². The van der Waals surface area contributed by atoms with Crippen molar-refractivity contribution in [3.63, 3.8) is 0 Å². The van der Waals surface area contributed by atoms with Gasteiger partial charge in [0.2, 0.25) is 10.3 Å². The fourth-order valence-corrected chi connectivity index (χ4v) is 4.14. The summed E-state index contributed by atoms with van der Waals surface area (Å²) in [7, 11) is 3.27. The van der Waals surface area contributed by atoms with Gasteiger partial charge in [0.25, 0.3) is 0 Å². The molecule has 1 N–H and O–H groups in total. The van der Waals surface area contributed by atoms with Crippen molar-refractivity contribution in [1.29, 1.82) is 0 Å².